The molecule has 0 amide bonds. The highest BCUT2D eigenvalue weighted by molar-refractivity contribution is 5.74. The Labute approximate surface area is 182 Å². The predicted octanol–water partition coefficient (Wildman–Crippen LogP) is 4.27. The van der Waals surface area contributed by atoms with Crippen molar-refractivity contribution in [2.24, 2.45) is 5.73 Å². The third kappa shape index (κ3) is 4.96. The molecule has 0 aliphatic carbocycles. The summed E-state index contributed by atoms with van der Waals surface area (Å²) in [5.41, 5.74) is 9.61. The van der Waals surface area contributed by atoms with Crippen LogP contribution in [0.3, 0.4) is 0 Å². The van der Waals surface area contributed by atoms with Gasteiger partial charge in [-0.2, -0.15) is 9.61 Å². The molecule has 0 atom stereocenters. The normalized spacial score (nSPS) is 11.6. The molecule has 4 aromatic rings. The Hall–Kier alpha value is -3.13. The van der Waals surface area contributed by atoms with E-state index in [1.54, 1.807) is 0 Å². The number of H-pyrrole nitrogens is 1. The van der Waals surface area contributed by atoms with Crippen LogP contribution in [0.2, 0.25) is 0 Å². The number of aromatic nitrogens is 5. The van der Waals surface area contributed by atoms with Gasteiger partial charge in [-0.1, -0.05) is 38.8 Å². The molecule has 8 nitrogen and oxygen atoms in total. The van der Waals surface area contributed by atoms with Crippen molar-refractivity contribution >= 4 is 28.3 Å². The number of anilines is 2. The average Bonchev–Trinajstić information content (AvgIpc) is 3.38. The molecule has 0 aliphatic rings. The van der Waals surface area contributed by atoms with Crippen LogP contribution in [0.15, 0.2) is 36.5 Å². The summed E-state index contributed by atoms with van der Waals surface area (Å²) in [6, 6.07) is 10.1. The number of benzene rings is 1. The van der Waals surface area contributed by atoms with E-state index in [1.807, 2.05) is 41.0 Å². The third-order valence-electron chi connectivity index (χ3n) is 5.43. The third-order valence-corrected chi connectivity index (χ3v) is 5.43. The number of aromatic amines is 1. The minimum absolute atomic E-state index is 0.347. The van der Waals surface area contributed by atoms with Gasteiger partial charge in [-0.3, -0.25) is 0 Å². The van der Waals surface area contributed by atoms with E-state index in [2.05, 4.69) is 39.5 Å². The highest BCUT2D eigenvalue weighted by atomic mass is 15.3. The molecule has 5 N–H and O–H groups in total. The second-order valence-electron chi connectivity index (χ2n) is 8.20. The molecule has 0 spiro atoms. The first-order valence-electron chi connectivity index (χ1n) is 11.2. The van der Waals surface area contributed by atoms with Gasteiger partial charge in [-0.15, -0.1) is 0 Å². The van der Waals surface area contributed by atoms with E-state index in [4.69, 9.17) is 10.7 Å². The largest absolute Gasteiger partial charge is 0.370 e. The van der Waals surface area contributed by atoms with Crippen molar-refractivity contribution in [3.05, 3.63) is 47.9 Å². The fourth-order valence-electron chi connectivity index (χ4n) is 3.71. The van der Waals surface area contributed by atoms with Gasteiger partial charge in [0.25, 0.3) is 0 Å². The maximum absolute atomic E-state index is 5.58. The Morgan fingerprint density at radius 2 is 1.90 bits per heavy atom. The summed E-state index contributed by atoms with van der Waals surface area (Å²) in [6.45, 7) is 6.56. The summed E-state index contributed by atoms with van der Waals surface area (Å²) in [6.07, 6.45) is 6.46. The zero-order chi connectivity index (χ0) is 21.6. The Kier molecular flexibility index (Phi) is 6.66. The molecule has 0 radical (unpaired) electrons. The lowest BCUT2D eigenvalue weighted by Gasteiger charge is -2.12. The number of fused-ring (bicyclic) bond motifs is 2. The number of nitrogens with zero attached hydrogens (tertiary/aromatic N) is 4. The van der Waals surface area contributed by atoms with Crippen LogP contribution in [-0.2, 0) is 6.54 Å². The maximum Gasteiger partial charge on any atom is 0.163 e. The average molecular weight is 421 g/mol. The van der Waals surface area contributed by atoms with Gasteiger partial charge >= 0.3 is 0 Å². The van der Waals surface area contributed by atoms with Crippen LogP contribution in [0, 0.1) is 0 Å². The number of nitrogens with one attached hydrogen (secondary N) is 3. The number of rotatable bonds is 11. The molecular weight excluding hydrogens is 388 g/mol. The van der Waals surface area contributed by atoms with E-state index in [1.165, 1.54) is 12.8 Å². The highest BCUT2D eigenvalue weighted by Gasteiger charge is 2.14. The van der Waals surface area contributed by atoms with E-state index >= 15 is 0 Å². The number of hydrogen-bond donors (Lipinski definition) is 4. The van der Waals surface area contributed by atoms with Crippen molar-refractivity contribution in [3.8, 4) is 0 Å². The topological polar surface area (TPSA) is 109 Å². The summed E-state index contributed by atoms with van der Waals surface area (Å²) in [5, 5.41) is 11.6. The second kappa shape index (κ2) is 9.78. The van der Waals surface area contributed by atoms with E-state index in [0.29, 0.717) is 12.5 Å². The smallest absolute Gasteiger partial charge is 0.163 e. The summed E-state index contributed by atoms with van der Waals surface area (Å²) in [4.78, 5) is 12.9. The van der Waals surface area contributed by atoms with Gasteiger partial charge in [0.05, 0.1) is 23.8 Å². The van der Waals surface area contributed by atoms with Crippen molar-refractivity contribution in [3.63, 3.8) is 0 Å². The van der Waals surface area contributed by atoms with Crippen LogP contribution >= 0.6 is 0 Å². The van der Waals surface area contributed by atoms with Crippen LogP contribution in [-0.4, -0.2) is 37.7 Å². The molecule has 4 rings (SSSR count). The quantitative estimate of drug-likeness (QED) is 0.270. The van der Waals surface area contributed by atoms with Crippen molar-refractivity contribution in [1.29, 1.82) is 0 Å². The van der Waals surface area contributed by atoms with Crippen LogP contribution in [0.5, 0.6) is 0 Å². The van der Waals surface area contributed by atoms with Crippen LogP contribution in [0.25, 0.3) is 16.7 Å². The predicted molar refractivity (Wildman–Crippen MR) is 127 cm³/mol. The van der Waals surface area contributed by atoms with Crippen molar-refractivity contribution < 1.29 is 0 Å². The molecule has 0 saturated heterocycles. The molecule has 3 heterocycles. The number of unbranched alkanes of at least 4 members (excludes halogenated alkanes) is 3. The number of nitrogens with two attached hydrogens (primary N) is 1. The molecule has 0 fully saturated rings. The number of hydrogen-bond acceptors (Lipinski definition) is 6. The second-order valence-corrected chi connectivity index (χ2v) is 8.20. The van der Waals surface area contributed by atoms with Crippen LogP contribution in [0.1, 0.15) is 56.8 Å². The Balaban J connectivity index is 1.52. The van der Waals surface area contributed by atoms with Crippen LogP contribution in [0.4, 0.5) is 11.6 Å². The van der Waals surface area contributed by atoms with E-state index in [0.717, 1.165) is 65.6 Å². The molecule has 3 aromatic heterocycles. The zero-order valence-electron chi connectivity index (χ0n) is 18.4. The minimum Gasteiger partial charge on any atom is -0.370 e. The summed E-state index contributed by atoms with van der Waals surface area (Å²) < 4.78 is 1.88. The van der Waals surface area contributed by atoms with Gasteiger partial charge in [0.15, 0.2) is 5.65 Å². The van der Waals surface area contributed by atoms with Gasteiger partial charge in [0, 0.05) is 18.2 Å². The number of imidazole rings is 1. The molecule has 164 valence electrons. The molecule has 0 unspecified atom stereocenters. The first-order valence-corrected chi connectivity index (χ1v) is 11.2. The first kappa shape index (κ1) is 21.1. The number of para-hydroxylation sites is 2. The summed E-state index contributed by atoms with van der Waals surface area (Å²) >= 11 is 0. The van der Waals surface area contributed by atoms with Gasteiger partial charge in [0.2, 0.25) is 0 Å². The molecule has 0 saturated carbocycles. The molecule has 1 aromatic carbocycles. The standard InChI is InChI=1S/C23H32N8/c1-16(2)17-14-27-31-22(26-15-21-28-18-9-5-6-10-19(18)29-21)13-20(30-23(17)31)25-12-8-4-3-7-11-24/h5-6,9-10,13-14,16,26H,3-4,7-8,11-12,15,24H2,1-2H3,(H,25,30)(H,28,29). The van der Waals surface area contributed by atoms with E-state index < -0.39 is 0 Å². The molecule has 31 heavy (non-hydrogen) atoms. The highest BCUT2D eigenvalue weighted by Crippen LogP contribution is 2.24. The fraction of sp³-hybridized carbons (Fsp3) is 0.435. The SMILES string of the molecule is CC(C)c1cnn2c(NCc3nc4ccccc4[nH]3)cc(NCCCCCCN)nc12. The molecular formula is C23H32N8. The van der Waals surface area contributed by atoms with Gasteiger partial charge in [0.1, 0.15) is 17.5 Å². The van der Waals surface area contributed by atoms with Crippen molar-refractivity contribution in [1.82, 2.24) is 24.6 Å². The molecule has 8 heteroatoms. The monoisotopic (exact) mass is 420 g/mol. The van der Waals surface area contributed by atoms with Crippen LogP contribution < -0.4 is 16.4 Å². The van der Waals surface area contributed by atoms with Crippen molar-refractivity contribution in [2.75, 3.05) is 23.7 Å². The van der Waals surface area contributed by atoms with E-state index in [-0.39, 0.29) is 0 Å². The Morgan fingerprint density at radius 1 is 1.06 bits per heavy atom. The Morgan fingerprint density at radius 3 is 2.71 bits per heavy atom. The van der Waals surface area contributed by atoms with Gasteiger partial charge in [-0.25, -0.2) is 9.97 Å². The molecule has 0 bridgehead atoms. The summed E-state index contributed by atoms with van der Waals surface area (Å²) in [7, 11) is 0. The van der Waals surface area contributed by atoms with E-state index in [9.17, 15) is 0 Å². The lowest BCUT2D eigenvalue weighted by molar-refractivity contribution is 0.661. The lowest BCUT2D eigenvalue weighted by Crippen LogP contribution is -2.10. The molecule has 0 aliphatic heterocycles. The fourth-order valence-corrected chi connectivity index (χ4v) is 3.71. The maximum atomic E-state index is 5.58. The summed E-state index contributed by atoms with van der Waals surface area (Å²) in [5.74, 6) is 2.99. The first-order chi connectivity index (χ1) is 15.2. The van der Waals surface area contributed by atoms with Gasteiger partial charge in [-0.05, 0) is 37.4 Å². The minimum atomic E-state index is 0.347. The Bertz CT molecular complexity index is 1090. The lowest BCUT2D eigenvalue weighted by atomic mass is 10.1. The van der Waals surface area contributed by atoms with Gasteiger partial charge < -0.3 is 21.4 Å². The zero-order valence-corrected chi connectivity index (χ0v) is 18.4. The van der Waals surface area contributed by atoms with Crippen molar-refractivity contribution in [2.45, 2.75) is 52.0 Å².